The molecule has 0 aromatic rings. The minimum Gasteiger partial charge on any atom is -0.481 e. The van der Waals surface area contributed by atoms with E-state index in [2.05, 4.69) is 4.52 Å². The fraction of sp³-hybridized carbons (Fsp3) is 0.750. The predicted octanol–water partition coefficient (Wildman–Crippen LogP) is 0.582. The van der Waals surface area contributed by atoms with Crippen molar-refractivity contribution in [1.29, 1.82) is 0 Å². The fourth-order valence-corrected chi connectivity index (χ4v) is 1.01. The lowest BCUT2D eigenvalue weighted by Crippen LogP contribution is -1.98. The summed E-state index contributed by atoms with van der Waals surface area (Å²) in [6, 6.07) is 0. The van der Waals surface area contributed by atoms with Gasteiger partial charge in [0.05, 0.1) is 6.61 Å². The predicted molar refractivity (Wildman–Crippen MR) is 33.1 cm³/mol. The Morgan fingerprint density at radius 1 is 1.78 bits per heavy atom. The number of carboxylic acids is 1. The molecule has 1 N–H and O–H groups in total. The van der Waals surface area contributed by atoms with Gasteiger partial charge in [-0.2, -0.15) is 0 Å². The maximum Gasteiger partial charge on any atom is 0.312 e. The van der Waals surface area contributed by atoms with E-state index in [9.17, 15) is 9.36 Å². The number of rotatable bonds is 4. The van der Waals surface area contributed by atoms with Gasteiger partial charge < -0.3 is 9.63 Å². The standard InChI is InChI=1S/C4H9O4P/c1-2-8-9(7)3-4(5)6/h9H,2-3H2,1H3,(H,5,6). The van der Waals surface area contributed by atoms with Crippen molar-refractivity contribution >= 4 is 14.0 Å². The highest BCUT2D eigenvalue weighted by molar-refractivity contribution is 7.40. The first-order valence-corrected chi connectivity index (χ1v) is 4.06. The number of aliphatic carboxylic acids is 1. The second-order valence-corrected chi connectivity index (χ2v) is 2.76. The van der Waals surface area contributed by atoms with Gasteiger partial charge in [0, 0.05) is 0 Å². The lowest BCUT2D eigenvalue weighted by molar-refractivity contribution is -0.134. The number of hydrogen-bond donors (Lipinski definition) is 1. The molecule has 54 valence electrons. The summed E-state index contributed by atoms with van der Waals surface area (Å²) < 4.78 is 15.0. The smallest absolute Gasteiger partial charge is 0.312 e. The monoisotopic (exact) mass is 152 g/mol. The molecular weight excluding hydrogens is 143 g/mol. The Balaban J connectivity index is 3.39. The number of hydrogen-bond acceptors (Lipinski definition) is 3. The summed E-state index contributed by atoms with van der Waals surface area (Å²) in [5.74, 6) is -1.08. The highest BCUT2D eigenvalue weighted by atomic mass is 31.1. The minimum atomic E-state index is -2.29. The van der Waals surface area contributed by atoms with Crippen molar-refractivity contribution in [1.82, 2.24) is 0 Å². The van der Waals surface area contributed by atoms with Crippen LogP contribution in [0.4, 0.5) is 0 Å². The van der Waals surface area contributed by atoms with Gasteiger partial charge in [-0.05, 0) is 6.92 Å². The number of carbonyl (C=O) groups is 1. The van der Waals surface area contributed by atoms with Gasteiger partial charge in [0.15, 0.2) is 0 Å². The zero-order chi connectivity index (χ0) is 7.28. The Morgan fingerprint density at radius 2 is 2.33 bits per heavy atom. The first-order valence-electron chi connectivity index (χ1n) is 2.54. The van der Waals surface area contributed by atoms with E-state index < -0.39 is 14.0 Å². The molecule has 1 atom stereocenters. The lowest BCUT2D eigenvalue weighted by atomic mass is 10.8. The molecule has 0 saturated heterocycles. The summed E-state index contributed by atoms with van der Waals surface area (Å²) in [6.45, 7) is 1.98. The summed E-state index contributed by atoms with van der Waals surface area (Å²) in [4.78, 5) is 9.83. The van der Waals surface area contributed by atoms with E-state index in [1.807, 2.05) is 0 Å². The van der Waals surface area contributed by atoms with Crippen molar-refractivity contribution in [2.75, 3.05) is 12.8 Å². The van der Waals surface area contributed by atoms with E-state index in [0.717, 1.165) is 0 Å². The van der Waals surface area contributed by atoms with Gasteiger partial charge in [-0.3, -0.25) is 9.36 Å². The van der Waals surface area contributed by atoms with Crippen molar-refractivity contribution in [3.8, 4) is 0 Å². The fourth-order valence-electron chi connectivity index (χ4n) is 0.335. The van der Waals surface area contributed by atoms with Crippen LogP contribution >= 0.6 is 8.03 Å². The second-order valence-electron chi connectivity index (χ2n) is 1.38. The van der Waals surface area contributed by atoms with Crippen LogP contribution in [0.15, 0.2) is 0 Å². The molecule has 5 heteroatoms. The summed E-state index contributed by atoms with van der Waals surface area (Å²) >= 11 is 0. The van der Waals surface area contributed by atoms with Crippen LogP contribution in [0.1, 0.15) is 6.92 Å². The van der Waals surface area contributed by atoms with Crippen LogP contribution in [0.3, 0.4) is 0 Å². The normalized spacial score (nSPS) is 13.0. The largest absolute Gasteiger partial charge is 0.481 e. The average molecular weight is 152 g/mol. The SMILES string of the molecule is CCO[PH](=O)CC(=O)O. The van der Waals surface area contributed by atoms with Crippen LogP contribution in [0.25, 0.3) is 0 Å². The van der Waals surface area contributed by atoms with Crippen LogP contribution < -0.4 is 0 Å². The maximum atomic E-state index is 10.4. The van der Waals surface area contributed by atoms with Gasteiger partial charge >= 0.3 is 5.97 Å². The van der Waals surface area contributed by atoms with Crippen molar-refractivity contribution < 1.29 is 19.0 Å². The van der Waals surface area contributed by atoms with Crippen molar-refractivity contribution in [2.24, 2.45) is 0 Å². The lowest BCUT2D eigenvalue weighted by Gasteiger charge is -1.95. The quantitative estimate of drug-likeness (QED) is 0.598. The summed E-state index contributed by atoms with van der Waals surface area (Å²) in [5.41, 5.74) is 0. The molecule has 0 heterocycles. The molecule has 0 aliphatic carbocycles. The molecule has 0 aliphatic heterocycles. The maximum absolute atomic E-state index is 10.4. The third-order valence-electron chi connectivity index (χ3n) is 0.601. The third-order valence-corrected chi connectivity index (χ3v) is 1.80. The molecule has 0 aliphatic rings. The molecule has 0 amide bonds. The minimum absolute atomic E-state index is 0.311. The molecule has 0 saturated carbocycles. The molecular formula is C4H9O4P. The van der Waals surface area contributed by atoms with Crippen molar-refractivity contribution in [3.05, 3.63) is 0 Å². The van der Waals surface area contributed by atoms with E-state index in [4.69, 9.17) is 5.11 Å². The first-order chi connectivity index (χ1) is 4.16. The molecule has 4 nitrogen and oxygen atoms in total. The zero-order valence-electron chi connectivity index (χ0n) is 5.09. The van der Waals surface area contributed by atoms with E-state index in [1.54, 1.807) is 6.92 Å². The Bertz CT molecular complexity index is 122. The van der Waals surface area contributed by atoms with Crippen LogP contribution in [0.5, 0.6) is 0 Å². The van der Waals surface area contributed by atoms with Gasteiger partial charge in [0.25, 0.3) is 0 Å². The Hall–Kier alpha value is -0.340. The Labute approximate surface area is 53.7 Å². The summed E-state index contributed by atoms with van der Waals surface area (Å²) in [6.07, 6.45) is -0.363. The highest BCUT2D eigenvalue weighted by Gasteiger charge is 2.03. The second kappa shape index (κ2) is 4.53. The molecule has 0 aromatic heterocycles. The molecule has 0 bridgehead atoms. The molecule has 0 aromatic carbocycles. The van der Waals surface area contributed by atoms with E-state index in [0.29, 0.717) is 6.61 Å². The number of carboxylic acid groups (broad SMARTS) is 1. The molecule has 0 radical (unpaired) electrons. The summed E-state index contributed by atoms with van der Waals surface area (Å²) in [5, 5.41) is 8.06. The molecule has 0 rings (SSSR count). The summed E-state index contributed by atoms with van der Waals surface area (Å²) in [7, 11) is -2.29. The van der Waals surface area contributed by atoms with E-state index in [1.165, 1.54) is 0 Å². The van der Waals surface area contributed by atoms with Crippen LogP contribution in [-0.4, -0.2) is 23.8 Å². The van der Waals surface area contributed by atoms with Crippen LogP contribution in [-0.2, 0) is 13.9 Å². The average Bonchev–Trinajstić information content (AvgIpc) is 1.63. The third kappa shape index (κ3) is 5.53. The van der Waals surface area contributed by atoms with Crippen molar-refractivity contribution in [2.45, 2.75) is 6.92 Å². The van der Waals surface area contributed by atoms with Crippen LogP contribution in [0.2, 0.25) is 0 Å². The van der Waals surface area contributed by atoms with E-state index >= 15 is 0 Å². The van der Waals surface area contributed by atoms with Gasteiger partial charge in [-0.25, -0.2) is 0 Å². The Kier molecular flexibility index (Phi) is 4.36. The molecule has 9 heavy (non-hydrogen) atoms. The topological polar surface area (TPSA) is 63.6 Å². The van der Waals surface area contributed by atoms with Crippen LogP contribution in [0, 0.1) is 0 Å². The Morgan fingerprint density at radius 3 is 2.67 bits per heavy atom. The van der Waals surface area contributed by atoms with Crippen molar-refractivity contribution in [3.63, 3.8) is 0 Å². The zero-order valence-corrected chi connectivity index (χ0v) is 6.09. The van der Waals surface area contributed by atoms with E-state index in [-0.39, 0.29) is 6.16 Å². The molecule has 0 fully saturated rings. The molecule has 0 spiro atoms. The van der Waals surface area contributed by atoms with Gasteiger partial charge in [0.1, 0.15) is 6.16 Å². The van der Waals surface area contributed by atoms with Gasteiger partial charge in [-0.1, -0.05) is 0 Å². The van der Waals surface area contributed by atoms with Gasteiger partial charge in [0.2, 0.25) is 8.03 Å². The van der Waals surface area contributed by atoms with Gasteiger partial charge in [-0.15, -0.1) is 0 Å². The first kappa shape index (κ1) is 8.66. The highest BCUT2D eigenvalue weighted by Crippen LogP contribution is 2.20. The molecule has 1 unspecified atom stereocenters.